The van der Waals surface area contributed by atoms with Crippen LogP contribution in [0.4, 0.5) is 0 Å². The molecule has 14 heteroatoms. The number of hydrogen-bond donors (Lipinski definition) is 2. The van der Waals surface area contributed by atoms with Crippen molar-refractivity contribution in [1.29, 1.82) is 0 Å². The van der Waals surface area contributed by atoms with E-state index in [0.717, 1.165) is 9.40 Å². The number of methoxy groups -OCH3 is 4. The van der Waals surface area contributed by atoms with Crippen LogP contribution >= 0.6 is 22.7 Å². The Kier molecular flexibility index (Phi) is 12.0. The summed E-state index contributed by atoms with van der Waals surface area (Å²) in [5.74, 6) is -1.89. The summed E-state index contributed by atoms with van der Waals surface area (Å²) < 4.78 is 22.2. The van der Waals surface area contributed by atoms with Crippen LogP contribution in [0, 0.1) is 11.8 Å². The fourth-order valence-corrected chi connectivity index (χ4v) is 6.14. The first kappa shape index (κ1) is 34.2. The second-order valence-corrected chi connectivity index (χ2v) is 11.7. The van der Waals surface area contributed by atoms with Gasteiger partial charge in [-0.05, 0) is 25.0 Å². The molecule has 0 amide bonds. The van der Waals surface area contributed by atoms with Crippen LogP contribution in [-0.2, 0) is 9.59 Å². The third-order valence-electron chi connectivity index (χ3n) is 6.79. The first-order valence-corrected chi connectivity index (χ1v) is 15.2. The lowest BCUT2D eigenvalue weighted by Crippen LogP contribution is -2.16. The molecule has 0 unspecified atom stereocenters. The number of pyridine rings is 2. The quantitative estimate of drug-likeness (QED) is 0.153. The normalized spacial score (nSPS) is 12.1. The van der Waals surface area contributed by atoms with Gasteiger partial charge in [0.15, 0.2) is 23.1 Å². The van der Waals surface area contributed by atoms with Gasteiger partial charge < -0.3 is 29.2 Å². The molecule has 44 heavy (non-hydrogen) atoms. The van der Waals surface area contributed by atoms with E-state index in [2.05, 4.69) is 9.97 Å². The first-order chi connectivity index (χ1) is 21.0. The predicted octanol–water partition coefficient (Wildman–Crippen LogP) is 5.99. The maximum atomic E-state index is 12.3. The molecule has 0 aliphatic heterocycles. The Hall–Kier alpha value is -4.30. The number of nitrogens with zero attached hydrogens (tertiary/aromatic N) is 2. The molecule has 0 radical (unpaired) electrons. The molecular formula is C30H34N2O10S2. The maximum absolute atomic E-state index is 12.3. The average molecular weight is 647 g/mol. The van der Waals surface area contributed by atoms with Gasteiger partial charge in [-0.2, -0.15) is 0 Å². The first-order valence-electron chi connectivity index (χ1n) is 13.6. The minimum absolute atomic E-state index is 0.00702. The molecule has 0 saturated heterocycles. The monoisotopic (exact) mass is 646 g/mol. The molecule has 0 aliphatic rings. The van der Waals surface area contributed by atoms with Gasteiger partial charge in [-0.3, -0.25) is 19.2 Å². The Balaban J connectivity index is 0.000000240. The van der Waals surface area contributed by atoms with Crippen LogP contribution < -0.4 is 18.9 Å². The van der Waals surface area contributed by atoms with Crippen LogP contribution in [0.15, 0.2) is 24.3 Å². The maximum Gasteiger partial charge on any atom is 0.306 e. The third-order valence-corrected chi connectivity index (χ3v) is 9.02. The third kappa shape index (κ3) is 7.99. The number of ketones is 2. The van der Waals surface area contributed by atoms with Crippen molar-refractivity contribution >= 4 is 66.6 Å². The number of ether oxygens (including phenoxy) is 4. The van der Waals surface area contributed by atoms with Gasteiger partial charge in [-0.15, -0.1) is 22.7 Å². The predicted molar refractivity (Wildman–Crippen MR) is 166 cm³/mol. The Bertz CT molecular complexity index is 1460. The summed E-state index contributed by atoms with van der Waals surface area (Å²) in [4.78, 5) is 56.2. The molecule has 0 spiro atoms. The molecule has 236 valence electrons. The van der Waals surface area contributed by atoms with E-state index in [9.17, 15) is 19.2 Å². The number of aromatic nitrogens is 2. The zero-order valence-electron chi connectivity index (χ0n) is 25.2. The molecule has 0 saturated carbocycles. The molecule has 4 rings (SSSR count). The van der Waals surface area contributed by atoms with E-state index in [1.165, 1.54) is 51.1 Å². The van der Waals surface area contributed by atoms with Crippen molar-refractivity contribution in [2.75, 3.05) is 28.4 Å². The number of Topliss-reactive ketones (excluding diaryl/α,β-unsaturated/α-hetero) is 2. The van der Waals surface area contributed by atoms with Crippen molar-refractivity contribution in [3.63, 3.8) is 0 Å². The van der Waals surface area contributed by atoms with E-state index >= 15 is 0 Å². The van der Waals surface area contributed by atoms with Gasteiger partial charge in [0.2, 0.25) is 0 Å². The SMILES string of the molecule is CC[C@@H](CC(=O)c1cc2nc(OC)c(OC)cc2s1)C(=O)O.CC[C@H](CC(=O)c1cc2nc(OC)c(OC)cc2s1)C(=O)O. The molecule has 4 heterocycles. The molecule has 12 nitrogen and oxygen atoms in total. The molecule has 0 aromatic carbocycles. The topological polar surface area (TPSA) is 171 Å². The van der Waals surface area contributed by atoms with Crippen molar-refractivity contribution in [2.45, 2.75) is 39.5 Å². The van der Waals surface area contributed by atoms with Gasteiger partial charge in [-0.25, -0.2) is 9.97 Å². The van der Waals surface area contributed by atoms with E-state index in [-0.39, 0.29) is 24.4 Å². The molecule has 2 N–H and O–H groups in total. The number of hydrogen-bond acceptors (Lipinski definition) is 12. The summed E-state index contributed by atoms with van der Waals surface area (Å²) in [5.41, 5.74) is 1.27. The van der Waals surface area contributed by atoms with Crippen LogP contribution in [0.1, 0.15) is 58.9 Å². The average Bonchev–Trinajstić information content (AvgIpc) is 3.64. The van der Waals surface area contributed by atoms with E-state index in [4.69, 9.17) is 29.2 Å². The highest BCUT2D eigenvalue weighted by Gasteiger charge is 2.23. The number of rotatable bonds is 14. The van der Waals surface area contributed by atoms with Crippen LogP contribution in [-0.4, -0.2) is 72.1 Å². The Morgan fingerprint density at radius 2 is 1.02 bits per heavy atom. The van der Waals surface area contributed by atoms with Gasteiger partial charge in [0, 0.05) is 25.0 Å². The van der Waals surface area contributed by atoms with Crippen LogP contribution in [0.2, 0.25) is 0 Å². The lowest BCUT2D eigenvalue weighted by atomic mass is 9.99. The number of carbonyl (C=O) groups is 4. The Morgan fingerprint density at radius 3 is 1.30 bits per heavy atom. The summed E-state index contributed by atoms with van der Waals surface area (Å²) in [7, 11) is 6.02. The Labute approximate surface area is 261 Å². The van der Waals surface area contributed by atoms with E-state index in [1.807, 2.05) is 0 Å². The van der Waals surface area contributed by atoms with Gasteiger partial charge in [0.05, 0.1) is 70.5 Å². The number of thiophene rings is 2. The zero-order valence-corrected chi connectivity index (χ0v) is 26.8. The van der Waals surface area contributed by atoms with Gasteiger partial charge >= 0.3 is 11.9 Å². The van der Waals surface area contributed by atoms with Crippen molar-refractivity contribution in [3.05, 3.63) is 34.0 Å². The van der Waals surface area contributed by atoms with E-state index in [0.29, 0.717) is 56.9 Å². The molecule has 4 aromatic heterocycles. The fourth-order valence-electron chi connectivity index (χ4n) is 4.18. The zero-order chi connectivity index (χ0) is 32.6. The highest BCUT2D eigenvalue weighted by molar-refractivity contribution is 7.21. The lowest BCUT2D eigenvalue weighted by molar-refractivity contribution is -0.142. The Morgan fingerprint density at radius 1 is 0.659 bits per heavy atom. The highest BCUT2D eigenvalue weighted by Crippen LogP contribution is 2.35. The number of aliphatic carboxylic acids is 2. The fraction of sp³-hybridized carbons (Fsp3) is 0.400. The molecule has 4 aromatic rings. The van der Waals surface area contributed by atoms with Gasteiger partial charge in [0.25, 0.3) is 11.8 Å². The number of fused-ring (bicyclic) bond motifs is 2. The summed E-state index contributed by atoms with van der Waals surface area (Å²) in [6.07, 6.45) is 0.831. The largest absolute Gasteiger partial charge is 0.491 e. The highest BCUT2D eigenvalue weighted by atomic mass is 32.1. The van der Waals surface area contributed by atoms with Crippen LogP contribution in [0.25, 0.3) is 20.4 Å². The van der Waals surface area contributed by atoms with Gasteiger partial charge in [0.1, 0.15) is 0 Å². The number of carbonyl (C=O) groups excluding carboxylic acids is 2. The second-order valence-electron chi connectivity index (χ2n) is 9.53. The molecular weight excluding hydrogens is 612 g/mol. The van der Waals surface area contributed by atoms with Crippen molar-refractivity contribution in [1.82, 2.24) is 9.97 Å². The van der Waals surface area contributed by atoms with Crippen molar-refractivity contribution in [2.24, 2.45) is 11.8 Å². The van der Waals surface area contributed by atoms with E-state index in [1.54, 1.807) is 38.1 Å². The number of carboxylic acids is 2. The summed E-state index contributed by atoms with van der Waals surface area (Å²) >= 11 is 2.56. The molecule has 0 aliphatic carbocycles. The van der Waals surface area contributed by atoms with Crippen molar-refractivity contribution < 1.29 is 48.3 Å². The minimum Gasteiger partial charge on any atom is -0.491 e. The standard InChI is InChI=1S/2C15H17NO5S/c2*1-4-8(15(18)19)5-10(17)13-6-9-12(22-13)7-11(20-2)14(16-9)21-3/h2*6-8H,4-5H2,1-3H3,(H,18,19)/t2*8-/m10/s1. The second kappa shape index (κ2) is 15.4. The summed E-state index contributed by atoms with van der Waals surface area (Å²) in [6.45, 7) is 3.52. The van der Waals surface area contributed by atoms with Crippen molar-refractivity contribution in [3.8, 4) is 23.3 Å². The minimum atomic E-state index is -0.946. The summed E-state index contributed by atoms with van der Waals surface area (Å²) in [6, 6.07) is 6.85. The smallest absolute Gasteiger partial charge is 0.306 e. The van der Waals surface area contributed by atoms with E-state index < -0.39 is 23.8 Å². The number of carboxylic acid groups (broad SMARTS) is 2. The molecule has 0 fully saturated rings. The molecule has 0 bridgehead atoms. The molecule has 2 atom stereocenters. The van der Waals surface area contributed by atoms with Gasteiger partial charge in [-0.1, -0.05) is 13.8 Å². The van der Waals surface area contributed by atoms with Crippen LogP contribution in [0.3, 0.4) is 0 Å². The summed E-state index contributed by atoms with van der Waals surface area (Å²) in [5, 5.41) is 18.1. The lowest BCUT2D eigenvalue weighted by Gasteiger charge is -2.06. The van der Waals surface area contributed by atoms with Crippen LogP contribution in [0.5, 0.6) is 23.3 Å².